The first-order chi connectivity index (χ1) is 20.3. The van der Waals surface area contributed by atoms with Gasteiger partial charge in [-0.05, 0) is 42.3 Å². The first-order valence-electron chi connectivity index (χ1n) is 13.8. The summed E-state index contributed by atoms with van der Waals surface area (Å²) in [5, 5.41) is 0. The number of ether oxygens (including phenoxy) is 3. The Kier molecular flexibility index (Phi) is 14.2. The standard InChI is InChI=1S/C29H34F7N3O4.2ClH/c1-41-18-24-17-38(9-10-43-24)6-5-37-7-8-39(23(16-37)11-19-3-4-25(30)26(12-19)42-2)27(40)20-13-21(28(31,32)33)15-22(14-20)29(34,35)36;;/h3-4,12-15,23-24H,5-11,16-18H2,1-2H3;2*1H/t23-,24-;;/m1../s1. The van der Waals surface area contributed by atoms with Crippen molar-refractivity contribution < 1.29 is 49.7 Å². The molecule has 0 radical (unpaired) electrons. The molecule has 0 saturated carbocycles. The lowest BCUT2D eigenvalue weighted by molar-refractivity contribution is -0.143. The maximum atomic E-state index is 14.1. The van der Waals surface area contributed by atoms with Crippen molar-refractivity contribution in [3.8, 4) is 5.75 Å². The third-order valence-electron chi connectivity index (χ3n) is 7.66. The molecule has 2 atom stereocenters. The Morgan fingerprint density at radius 3 is 2.09 bits per heavy atom. The highest BCUT2D eigenvalue weighted by Gasteiger charge is 2.39. The molecule has 0 spiro atoms. The summed E-state index contributed by atoms with van der Waals surface area (Å²) in [5.41, 5.74) is -3.21. The van der Waals surface area contributed by atoms with Gasteiger partial charge in [-0.1, -0.05) is 6.07 Å². The molecular formula is C29H36Cl2F7N3O4. The fourth-order valence-corrected chi connectivity index (χ4v) is 5.47. The SMILES string of the molecule is COC[C@H]1CN(CCN2CCN(C(=O)c3cc(C(F)(F)F)cc(C(F)(F)F)c3)[C@H](Cc3ccc(F)c(OC)c3)C2)CCO1.Cl.Cl. The Balaban J connectivity index is 0.00000353. The highest BCUT2D eigenvalue weighted by molar-refractivity contribution is 5.95. The molecule has 2 fully saturated rings. The molecule has 1 amide bonds. The average Bonchev–Trinajstić information content (AvgIpc) is 2.96. The van der Waals surface area contributed by atoms with Crippen LogP contribution in [0.15, 0.2) is 36.4 Å². The molecule has 45 heavy (non-hydrogen) atoms. The molecule has 0 aromatic heterocycles. The number of alkyl halides is 6. The van der Waals surface area contributed by atoms with Crippen LogP contribution in [0.1, 0.15) is 27.0 Å². The number of piperazine rings is 1. The van der Waals surface area contributed by atoms with E-state index < -0.39 is 46.8 Å². The number of methoxy groups -OCH3 is 2. The quantitative estimate of drug-likeness (QED) is 0.327. The van der Waals surface area contributed by atoms with E-state index in [4.69, 9.17) is 14.2 Å². The Hall–Kier alpha value is -2.36. The van der Waals surface area contributed by atoms with Crippen molar-refractivity contribution in [1.82, 2.24) is 14.7 Å². The molecule has 254 valence electrons. The minimum atomic E-state index is -5.08. The van der Waals surface area contributed by atoms with Gasteiger partial charge in [0.25, 0.3) is 5.91 Å². The maximum Gasteiger partial charge on any atom is 0.416 e. The van der Waals surface area contributed by atoms with Crippen molar-refractivity contribution in [1.29, 1.82) is 0 Å². The monoisotopic (exact) mass is 693 g/mol. The zero-order chi connectivity index (χ0) is 31.4. The van der Waals surface area contributed by atoms with Gasteiger partial charge < -0.3 is 19.1 Å². The van der Waals surface area contributed by atoms with E-state index in [2.05, 4.69) is 9.80 Å². The second-order valence-electron chi connectivity index (χ2n) is 10.7. The van der Waals surface area contributed by atoms with Crippen molar-refractivity contribution in [3.05, 3.63) is 64.5 Å². The molecule has 0 bridgehead atoms. The molecule has 2 aromatic carbocycles. The minimum absolute atomic E-state index is 0. The fourth-order valence-electron chi connectivity index (χ4n) is 5.47. The number of nitrogens with zero attached hydrogens (tertiary/aromatic N) is 3. The van der Waals surface area contributed by atoms with E-state index in [0.29, 0.717) is 63.6 Å². The molecule has 2 saturated heterocycles. The number of halogens is 9. The normalized spacial score (nSPS) is 19.9. The van der Waals surface area contributed by atoms with Crippen LogP contribution in [0.3, 0.4) is 0 Å². The van der Waals surface area contributed by atoms with Gasteiger partial charge >= 0.3 is 12.4 Å². The highest BCUT2D eigenvalue weighted by atomic mass is 35.5. The van der Waals surface area contributed by atoms with Gasteiger partial charge in [0.1, 0.15) is 0 Å². The number of carbonyl (C=O) groups is 1. The first kappa shape index (κ1) is 38.8. The smallest absolute Gasteiger partial charge is 0.416 e. The number of morpholine rings is 1. The van der Waals surface area contributed by atoms with Crippen LogP contribution < -0.4 is 4.74 Å². The highest BCUT2D eigenvalue weighted by Crippen LogP contribution is 2.37. The van der Waals surface area contributed by atoms with Gasteiger partial charge in [0.2, 0.25) is 0 Å². The van der Waals surface area contributed by atoms with Crippen molar-refractivity contribution in [2.45, 2.75) is 30.9 Å². The van der Waals surface area contributed by atoms with Crippen LogP contribution in [0.25, 0.3) is 0 Å². The zero-order valence-electron chi connectivity index (χ0n) is 24.6. The summed E-state index contributed by atoms with van der Waals surface area (Å²) in [6, 6.07) is 4.47. The Labute approximate surface area is 269 Å². The summed E-state index contributed by atoms with van der Waals surface area (Å²) in [5.74, 6) is -1.55. The molecule has 4 rings (SSSR count). The molecule has 0 N–H and O–H groups in total. The molecule has 2 heterocycles. The number of rotatable bonds is 9. The average molecular weight is 695 g/mol. The van der Waals surface area contributed by atoms with Gasteiger partial charge in [0, 0.05) is 64.5 Å². The van der Waals surface area contributed by atoms with Crippen LogP contribution in [-0.4, -0.2) is 106 Å². The Morgan fingerprint density at radius 1 is 0.889 bits per heavy atom. The van der Waals surface area contributed by atoms with Gasteiger partial charge in [0.15, 0.2) is 11.6 Å². The van der Waals surface area contributed by atoms with Crippen LogP contribution >= 0.6 is 24.8 Å². The molecule has 16 heteroatoms. The number of hydrogen-bond donors (Lipinski definition) is 0. The molecule has 2 aliphatic rings. The lowest BCUT2D eigenvalue weighted by atomic mass is 9.99. The Morgan fingerprint density at radius 2 is 1.51 bits per heavy atom. The van der Waals surface area contributed by atoms with Crippen molar-refractivity contribution in [2.24, 2.45) is 0 Å². The maximum absolute atomic E-state index is 14.1. The van der Waals surface area contributed by atoms with Gasteiger partial charge in [-0.2, -0.15) is 26.3 Å². The summed E-state index contributed by atoms with van der Waals surface area (Å²) in [4.78, 5) is 19.2. The molecule has 2 aromatic rings. The van der Waals surface area contributed by atoms with Crippen molar-refractivity contribution >= 4 is 30.7 Å². The summed E-state index contributed by atoms with van der Waals surface area (Å²) in [6.45, 7) is 4.50. The van der Waals surface area contributed by atoms with Gasteiger partial charge in [-0.15, -0.1) is 24.8 Å². The Bertz CT molecular complexity index is 1240. The third kappa shape index (κ3) is 10.3. The van der Waals surface area contributed by atoms with Crippen molar-refractivity contribution in [2.75, 3.05) is 73.2 Å². The van der Waals surface area contributed by atoms with Gasteiger partial charge in [-0.3, -0.25) is 14.6 Å². The van der Waals surface area contributed by atoms with Crippen LogP contribution in [-0.2, 0) is 28.2 Å². The fraction of sp³-hybridized carbons (Fsp3) is 0.552. The van der Waals surface area contributed by atoms with Crippen molar-refractivity contribution in [3.63, 3.8) is 0 Å². The third-order valence-corrected chi connectivity index (χ3v) is 7.66. The topological polar surface area (TPSA) is 54.5 Å². The number of carbonyl (C=O) groups excluding carboxylic acids is 1. The summed E-state index contributed by atoms with van der Waals surface area (Å²) < 4.78 is 111. The van der Waals surface area contributed by atoms with E-state index in [9.17, 15) is 35.5 Å². The van der Waals surface area contributed by atoms with E-state index in [-0.39, 0.29) is 55.7 Å². The second kappa shape index (κ2) is 16.5. The molecular weight excluding hydrogens is 658 g/mol. The van der Waals surface area contributed by atoms with Crippen LogP contribution in [0.2, 0.25) is 0 Å². The van der Waals surface area contributed by atoms with E-state index in [1.807, 2.05) is 0 Å². The second-order valence-corrected chi connectivity index (χ2v) is 10.7. The van der Waals surface area contributed by atoms with E-state index in [0.717, 1.165) is 6.54 Å². The molecule has 7 nitrogen and oxygen atoms in total. The summed E-state index contributed by atoms with van der Waals surface area (Å²) in [6.07, 6.45) is -10.0. The van der Waals surface area contributed by atoms with Crippen LogP contribution in [0.4, 0.5) is 30.7 Å². The largest absolute Gasteiger partial charge is 0.494 e. The lowest BCUT2D eigenvalue weighted by Gasteiger charge is -2.43. The van der Waals surface area contributed by atoms with E-state index >= 15 is 0 Å². The number of benzene rings is 2. The van der Waals surface area contributed by atoms with E-state index in [1.54, 1.807) is 7.11 Å². The van der Waals surface area contributed by atoms with Crippen LogP contribution in [0, 0.1) is 5.82 Å². The summed E-state index contributed by atoms with van der Waals surface area (Å²) >= 11 is 0. The molecule has 0 aliphatic carbocycles. The zero-order valence-corrected chi connectivity index (χ0v) is 26.3. The first-order valence-corrected chi connectivity index (χ1v) is 13.8. The predicted molar refractivity (Wildman–Crippen MR) is 157 cm³/mol. The number of hydrogen-bond acceptors (Lipinski definition) is 6. The van der Waals surface area contributed by atoms with Gasteiger partial charge in [-0.25, -0.2) is 4.39 Å². The predicted octanol–water partition coefficient (Wildman–Crippen LogP) is 5.43. The van der Waals surface area contributed by atoms with E-state index in [1.165, 1.54) is 30.2 Å². The summed E-state index contributed by atoms with van der Waals surface area (Å²) in [7, 11) is 2.90. The van der Waals surface area contributed by atoms with Crippen LogP contribution in [0.5, 0.6) is 5.75 Å². The molecule has 2 aliphatic heterocycles. The van der Waals surface area contributed by atoms with Gasteiger partial charge in [0.05, 0.1) is 37.6 Å². The minimum Gasteiger partial charge on any atom is -0.494 e. The lowest BCUT2D eigenvalue weighted by Crippen LogP contribution is -2.57. The molecule has 0 unspecified atom stereocenters. The number of amides is 1.